The van der Waals surface area contributed by atoms with Crippen LogP contribution in [0.25, 0.3) is 0 Å². The largest absolute Gasteiger partial charge is 0.444 e. The highest BCUT2D eigenvalue weighted by Crippen LogP contribution is 2.39. The number of amides is 1. The van der Waals surface area contributed by atoms with Crippen molar-refractivity contribution in [3.8, 4) is 0 Å². The molecular weight excluding hydrogens is 258 g/mol. The van der Waals surface area contributed by atoms with Crippen molar-refractivity contribution in [1.82, 2.24) is 4.90 Å². The van der Waals surface area contributed by atoms with Crippen LogP contribution in [0.2, 0.25) is 0 Å². The normalized spacial score (nSPS) is 26.4. The van der Waals surface area contributed by atoms with Crippen LogP contribution in [0.4, 0.5) is 4.79 Å². The number of ether oxygens (including phenoxy) is 2. The van der Waals surface area contributed by atoms with E-state index in [1.165, 1.54) is 0 Å². The van der Waals surface area contributed by atoms with Gasteiger partial charge in [0.2, 0.25) is 0 Å². The second kappa shape index (κ2) is 5.72. The van der Waals surface area contributed by atoms with Gasteiger partial charge in [-0.15, -0.1) is 0 Å². The fourth-order valence-corrected chi connectivity index (χ4v) is 2.98. The summed E-state index contributed by atoms with van der Waals surface area (Å²) in [6.45, 7) is 7.45. The van der Waals surface area contributed by atoms with Crippen molar-refractivity contribution in [3.63, 3.8) is 0 Å². The Kier molecular flexibility index (Phi) is 4.37. The summed E-state index contributed by atoms with van der Waals surface area (Å²) in [5, 5.41) is 0. The molecule has 20 heavy (non-hydrogen) atoms. The van der Waals surface area contributed by atoms with E-state index in [0.717, 1.165) is 25.7 Å². The Labute approximate surface area is 120 Å². The van der Waals surface area contributed by atoms with Gasteiger partial charge in [-0.1, -0.05) is 0 Å². The predicted octanol–water partition coefficient (Wildman–Crippen LogP) is 2.38. The maximum Gasteiger partial charge on any atom is 0.410 e. The molecule has 2 heterocycles. The average Bonchev–Trinajstić information content (AvgIpc) is 2.91. The zero-order valence-electron chi connectivity index (χ0n) is 12.7. The van der Waals surface area contributed by atoms with Crippen LogP contribution in [0, 0.1) is 5.41 Å². The van der Waals surface area contributed by atoms with E-state index in [2.05, 4.69) is 0 Å². The smallest absolute Gasteiger partial charge is 0.410 e. The summed E-state index contributed by atoms with van der Waals surface area (Å²) < 4.78 is 11.1. The first-order valence-corrected chi connectivity index (χ1v) is 7.42. The molecule has 5 nitrogen and oxygen atoms in total. The molecule has 0 aliphatic carbocycles. The van der Waals surface area contributed by atoms with E-state index in [-0.39, 0.29) is 12.2 Å². The molecule has 5 heteroatoms. The summed E-state index contributed by atoms with van der Waals surface area (Å²) in [6.07, 6.45) is 4.10. The number of likely N-dealkylation sites (tertiary alicyclic amines) is 1. The Bertz CT molecular complexity index is 361. The highest BCUT2D eigenvalue weighted by atomic mass is 16.6. The minimum atomic E-state index is -0.481. The van der Waals surface area contributed by atoms with Crippen LogP contribution in [0.5, 0.6) is 0 Å². The number of aldehydes is 1. The predicted molar refractivity (Wildman–Crippen MR) is 74.5 cm³/mol. The van der Waals surface area contributed by atoms with Crippen molar-refractivity contribution in [1.29, 1.82) is 0 Å². The van der Waals surface area contributed by atoms with Crippen LogP contribution in [0.1, 0.15) is 46.5 Å². The first kappa shape index (κ1) is 15.3. The number of hydrogen-bond donors (Lipinski definition) is 0. The summed E-state index contributed by atoms with van der Waals surface area (Å²) in [5.74, 6) is 0. The minimum absolute atomic E-state index is 0.0285. The molecule has 0 radical (unpaired) electrons. The average molecular weight is 283 g/mol. The molecule has 0 spiro atoms. The molecule has 2 fully saturated rings. The highest BCUT2D eigenvalue weighted by Gasteiger charge is 2.44. The summed E-state index contributed by atoms with van der Waals surface area (Å²) >= 11 is 0. The third-order valence-electron chi connectivity index (χ3n) is 4.15. The molecule has 0 aromatic rings. The standard InChI is InChI=1S/C15H25NO4/c1-14(2,3)20-13(18)16-8-6-15(11-17,7-9-16)12-5-4-10-19-12/h11-12H,4-10H2,1-3H3. The molecule has 2 saturated heterocycles. The topological polar surface area (TPSA) is 55.8 Å². The van der Waals surface area contributed by atoms with Crippen LogP contribution in [-0.4, -0.2) is 48.7 Å². The molecule has 1 atom stereocenters. The number of carbonyl (C=O) groups excluding carboxylic acids is 2. The maximum absolute atomic E-state index is 12.0. The number of rotatable bonds is 2. The number of carbonyl (C=O) groups is 2. The highest BCUT2D eigenvalue weighted by molar-refractivity contribution is 5.69. The van der Waals surface area contributed by atoms with Crippen molar-refractivity contribution >= 4 is 12.4 Å². The van der Waals surface area contributed by atoms with Crippen molar-refractivity contribution in [2.45, 2.75) is 58.2 Å². The van der Waals surface area contributed by atoms with Crippen molar-refractivity contribution < 1.29 is 19.1 Å². The number of hydrogen-bond acceptors (Lipinski definition) is 4. The Hall–Kier alpha value is -1.10. The van der Waals surface area contributed by atoms with Crippen LogP contribution in [-0.2, 0) is 14.3 Å². The summed E-state index contributed by atoms with van der Waals surface area (Å²) in [6, 6.07) is 0. The second-order valence-corrected chi connectivity index (χ2v) is 6.82. The molecular formula is C15H25NO4. The van der Waals surface area contributed by atoms with Gasteiger partial charge < -0.3 is 19.2 Å². The first-order chi connectivity index (χ1) is 9.36. The summed E-state index contributed by atoms with van der Waals surface area (Å²) in [4.78, 5) is 25.3. The van der Waals surface area contributed by atoms with E-state index in [9.17, 15) is 9.59 Å². The zero-order chi connectivity index (χ0) is 14.8. The third kappa shape index (κ3) is 3.32. The van der Waals surface area contributed by atoms with Gasteiger partial charge in [0.15, 0.2) is 0 Å². The molecule has 0 bridgehead atoms. The molecule has 2 aliphatic heterocycles. The zero-order valence-corrected chi connectivity index (χ0v) is 12.7. The van der Waals surface area contributed by atoms with E-state index < -0.39 is 11.0 Å². The molecule has 0 aromatic carbocycles. The van der Waals surface area contributed by atoms with Gasteiger partial charge in [0, 0.05) is 19.7 Å². The van der Waals surface area contributed by atoms with Gasteiger partial charge in [0.05, 0.1) is 11.5 Å². The van der Waals surface area contributed by atoms with Gasteiger partial charge in [0.25, 0.3) is 0 Å². The molecule has 114 valence electrons. The minimum Gasteiger partial charge on any atom is -0.444 e. The summed E-state index contributed by atoms with van der Waals surface area (Å²) in [7, 11) is 0. The van der Waals surface area contributed by atoms with Gasteiger partial charge in [0.1, 0.15) is 11.9 Å². The quantitative estimate of drug-likeness (QED) is 0.730. The first-order valence-electron chi connectivity index (χ1n) is 7.42. The SMILES string of the molecule is CC(C)(C)OC(=O)N1CCC(C=O)(C2CCCO2)CC1. The third-order valence-corrected chi connectivity index (χ3v) is 4.15. The van der Waals surface area contributed by atoms with Crippen molar-refractivity contribution in [2.75, 3.05) is 19.7 Å². The molecule has 2 rings (SSSR count). The van der Waals surface area contributed by atoms with E-state index >= 15 is 0 Å². The lowest BCUT2D eigenvalue weighted by Crippen LogP contribution is -2.49. The lowest BCUT2D eigenvalue weighted by atomic mass is 9.74. The number of piperidine rings is 1. The van der Waals surface area contributed by atoms with Gasteiger partial charge in [-0.05, 0) is 46.5 Å². The van der Waals surface area contributed by atoms with Crippen LogP contribution in [0.15, 0.2) is 0 Å². The maximum atomic E-state index is 12.0. The van der Waals surface area contributed by atoms with E-state index in [4.69, 9.17) is 9.47 Å². The van der Waals surface area contributed by atoms with Gasteiger partial charge in [-0.25, -0.2) is 4.79 Å². The van der Waals surface area contributed by atoms with Gasteiger partial charge in [-0.3, -0.25) is 0 Å². The number of nitrogens with zero attached hydrogens (tertiary/aromatic N) is 1. The lowest BCUT2D eigenvalue weighted by molar-refractivity contribution is -0.128. The van der Waals surface area contributed by atoms with Crippen LogP contribution in [0.3, 0.4) is 0 Å². The second-order valence-electron chi connectivity index (χ2n) is 6.82. The Morgan fingerprint density at radius 3 is 2.45 bits per heavy atom. The van der Waals surface area contributed by atoms with Crippen LogP contribution < -0.4 is 0 Å². The molecule has 1 unspecified atom stereocenters. The lowest BCUT2D eigenvalue weighted by Gasteiger charge is -2.41. The molecule has 0 aromatic heterocycles. The van der Waals surface area contributed by atoms with E-state index in [1.807, 2.05) is 20.8 Å². The Morgan fingerprint density at radius 2 is 2.00 bits per heavy atom. The fraction of sp³-hybridized carbons (Fsp3) is 0.867. The van der Waals surface area contributed by atoms with Crippen molar-refractivity contribution in [3.05, 3.63) is 0 Å². The van der Waals surface area contributed by atoms with E-state index in [1.54, 1.807) is 4.90 Å². The summed E-state index contributed by atoms with van der Waals surface area (Å²) in [5.41, 5.74) is -0.889. The molecule has 1 amide bonds. The monoisotopic (exact) mass is 283 g/mol. The Balaban J connectivity index is 1.93. The molecule has 0 N–H and O–H groups in total. The Morgan fingerprint density at radius 1 is 1.35 bits per heavy atom. The van der Waals surface area contributed by atoms with Crippen LogP contribution >= 0.6 is 0 Å². The fourth-order valence-electron chi connectivity index (χ4n) is 2.98. The van der Waals surface area contributed by atoms with Gasteiger partial charge >= 0.3 is 6.09 Å². The van der Waals surface area contributed by atoms with Crippen molar-refractivity contribution in [2.24, 2.45) is 5.41 Å². The molecule has 2 aliphatic rings. The van der Waals surface area contributed by atoms with E-state index in [0.29, 0.717) is 25.9 Å². The van der Waals surface area contributed by atoms with Gasteiger partial charge in [-0.2, -0.15) is 0 Å². The molecule has 0 saturated carbocycles.